The summed E-state index contributed by atoms with van der Waals surface area (Å²) in [6.45, 7) is 8.60. The standard InChI is InChI=1S/C17H28N4O2Si/c1-17(23-24(4,5)6,16-19-11-13-21(16)3)9-7-8-14(22)15-18-10-12-20(15)2/h10-13H,7-9H2,1-6H3. The molecular weight excluding hydrogens is 320 g/mol. The minimum atomic E-state index is -1.77. The molecule has 24 heavy (non-hydrogen) atoms. The topological polar surface area (TPSA) is 61.9 Å². The number of hydrogen-bond acceptors (Lipinski definition) is 4. The van der Waals surface area contributed by atoms with Gasteiger partial charge in [0.05, 0.1) is 0 Å². The van der Waals surface area contributed by atoms with E-state index in [0.29, 0.717) is 12.2 Å². The average Bonchev–Trinajstić information content (AvgIpc) is 3.05. The van der Waals surface area contributed by atoms with Gasteiger partial charge >= 0.3 is 0 Å². The SMILES string of the molecule is Cn1ccnc1C(=O)CCCC(C)(O[Si](C)(C)C)c1nccn1C. The number of imidazole rings is 2. The van der Waals surface area contributed by atoms with Crippen molar-refractivity contribution in [3.8, 4) is 0 Å². The summed E-state index contributed by atoms with van der Waals surface area (Å²) in [6.07, 6.45) is 9.11. The molecule has 0 N–H and O–H groups in total. The molecule has 0 aliphatic rings. The first-order valence-electron chi connectivity index (χ1n) is 8.31. The highest BCUT2D eigenvalue weighted by atomic mass is 28.4. The number of carbonyl (C=O) groups is 1. The minimum Gasteiger partial charge on any atom is -0.405 e. The van der Waals surface area contributed by atoms with E-state index in [1.807, 2.05) is 24.9 Å². The Morgan fingerprint density at radius 3 is 2.29 bits per heavy atom. The molecule has 0 aliphatic carbocycles. The normalized spacial score (nSPS) is 14.6. The predicted octanol–water partition coefficient (Wildman–Crippen LogP) is 3.27. The highest BCUT2D eigenvalue weighted by Gasteiger charge is 2.36. The third kappa shape index (κ3) is 4.42. The molecule has 0 fully saturated rings. The predicted molar refractivity (Wildman–Crippen MR) is 96.4 cm³/mol. The van der Waals surface area contributed by atoms with E-state index in [0.717, 1.165) is 18.7 Å². The van der Waals surface area contributed by atoms with Gasteiger partial charge in [-0.05, 0) is 39.4 Å². The van der Waals surface area contributed by atoms with Crippen LogP contribution in [0.15, 0.2) is 24.8 Å². The third-order valence-electron chi connectivity index (χ3n) is 3.95. The molecule has 2 aromatic heterocycles. The Kier molecular flexibility index (Phi) is 5.44. The molecule has 0 saturated heterocycles. The smallest absolute Gasteiger partial charge is 0.198 e. The first-order chi connectivity index (χ1) is 11.1. The fourth-order valence-electron chi connectivity index (χ4n) is 3.09. The lowest BCUT2D eigenvalue weighted by molar-refractivity contribution is 0.0528. The van der Waals surface area contributed by atoms with Crippen molar-refractivity contribution < 1.29 is 9.22 Å². The Morgan fingerprint density at radius 1 is 1.17 bits per heavy atom. The number of aryl methyl sites for hydroxylation is 2. The summed E-state index contributed by atoms with van der Waals surface area (Å²) < 4.78 is 10.2. The highest BCUT2D eigenvalue weighted by molar-refractivity contribution is 6.69. The van der Waals surface area contributed by atoms with Crippen molar-refractivity contribution in [3.63, 3.8) is 0 Å². The zero-order chi connectivity index (χ0) is 18.0. The van der Waals surface area contributed by atoms with Gasteiger partial charge in [-0.25, -0.2) is 9.97 Å². The molecule has 2 aromatic rings. The van der Waals surface area contributed by atoms with Gasteiger partial charge in [0.1, 0.15) is 11.4 Å². The van der Waals surface area contributed by atoms with Crippen LogP contribution in [0.1, 0.15) is 42.6 Å². The summed E-state index contributed by atoms with van der Waals surface area (Å²) in [6, 6.07) is 0. The quantitative estimate of drug-likeness (QED) is 0.542. The molecule has 0 radical (unpaired) electrons. The fourth-order valence-corrected chi connectivity index (χ4v) is 4.64. The number of aromatic nitrogens is 4. The Bertz CT molecular complexity index is 702. The number of rotatable bonds is 8. The highest BCUT2D eigenvalue weighted by Crippen LogP contribution is 2.33. The van der Waals surface area contributed by atoms with Crippen molar-refractivity contribution >= 4 is 14.1 Å². The van der Waals surface area contributed by atoms with E-state index in [1.165, 1.54) is 0 Å². The van der Waals surface area contributed by atoms with Crippen LogP contribution in [0.2, 0.25) is 19.6 Å². The van der Waals surface area contributed by atoms with Crippen LogP contribution in [0.4, 0.5) is 0 Å². The lowest BCUT2D eigenvalue weighted by Crippen LogP contribution is -2.40. The Balaban J connectivity index is 2.08. The van der Waals surface area contributed by atoms with Crippen molar-refractivity contribution in [2.75, 3.05) is 0 Å². The number of nitrogens with zero attached hydrogens (tertiary/aromatic N) is 4. The number of carbonyl (C=O) groups excluding carboxylic acids is 1. The molecule has 1 unspecified atom stereocenters. The van der Waals surface area contributed by atoms with Crippen LogP contribution in [0.5, 0.6) is 0 Å². The third-order valence-corrected chi connectivity index (χ3v) is 5.02. The van der Waals surface area contributed by atoms with Gasteiger partial charge in [0.15, 0.2) is 19.9 Å². The van der Waals surface area contributed by atoms with Crippen LogP contribution in [-0.2, 0) is 24.1 Å². The molecule has 1 atom stereocenters. The van der Waals surface area contributed by atoms with Crippen molar-refractivity contribution in [2.24, 2.45) is 14.1 Å². The van der Waals surface area contributed by atoms with E-state index in [2.05, 4.69) is 36.5 Å². The average molecular weight is 349 g/mol. The number of ketones is 1. The Labute approximate surface area is 145 Å². The first-order valence-corrected chi connectivity index (χ1v) is 11.7. The summed E-state index contributed by atoms with van der Waals surface area (Å²) in [5.74, 6) is 1.49. The van der Waals surface area contributed by atoms with Gasteiger partial charge in [-0.2, -0.15) is 0 Å². The van der Waals surface area contributed by atoms with Crippen LogP contribution in [-0.4, -0.2) is 33.2 Å². The zero-order valence-corrected chi connectivity index (χ0v) is 16.5. The molecule has 7 heteroatoms. The summed E-state index contributed by atoms with van der Waals surface area (Å²) >= 11 is 0. The summed E-state index contributed by atoms with van der Waals surface area (Å²) in [4.78, 5) is 20.9. The maximum Gasteiger partial charge on any atom is 0.198 e. The second kappa shape index (κ2) is 7.02. The molecule has 0 amide bonds. The lowest BCUT2D eigenvalue weighted by atomic mass is 9.97. The molecule has 0 saturated carbocycles. The first kappa shape index (κ1) is 18.6. The van der Waals surface area contributed by atoms with Crippen LogP contribution in [0, 0.1) is 0 Å². The monoisotopic (exact) mass is 348 g/mol. The summed E-state index contributed by atoms with van der Waals surface area (Å²) in [5.41, 5.74) is -0.482. The summed E-state index contributed by atoms with van der Waals surface area (Å²) in [5, 5.41) is 0. The van der Waals surface area contributed by atoms with Crippen LogP contribution >= 0.6 is 0 Å². The number of Topliss-reactive ketones (excluding diaryl/α,β-unsaturated/α-hetero) is 1. The lowest BCUT2D eigenvalue weighted by Gasteiger charge is -2.35. The Hall–Kier alpha value is -1.73. The second-order valence-corrected chi connectivity index (χ2v) is 11.9. The molecule has 6 nitrogen and oxygen atoms in total. The molecule has 0 aromatic carbocycles. The van der Waals surface area contributed by atoms with E-state index < -0.39 is 13.9 Å². The van der Waals surface area contributed by atoms with Crippen molar-refractivity contribution in [2.45, 2.75) is 51.4 Å². The van der Waals surface area contributed by atoms with Gasteiger partial charge in [-0.15, -0.1) is 0 Å². The van der Waals surface area contributed by atoms with Crippen LogP contribution in [0.25, 0.3) is 0 Å². The molecule has 0 bridgehead atoms. The second-order valence-electron chi connectivity index (χ2n) is 7.45. The maximum absolute atomic E-state index is 12.3. The van der Waals surface area contributed by atoms with Crippen molar-refractivity contribution in [1.29, 1.82) is 0 Å². The molecule has 2 rings (SSSR count). The van der Waals surface area contributed by atoms with Gasteiger partial charge < -0.3 is 13.6 Å². The van der Waals surface area contributed by atoms with Gasteiger partial charge in [0.2, 0.25) is 0 Å². The van der Waals surface area contributed by atoms with Gasteiger partial charge in [-0.1, -0.05) is 0 Å². The minimum absolute atomic E-state index is 0.0673. The van der Waals surface area contributed by atoms with Gasteiger partial charge in [-0.3, -0.25) is 4.79 Å². The van der Waals surface area contributed by atoms with E-state index in [-0.39, 0.29) is 5.78 Å². The Morgan fingerprint density at radius 2 is 1.79 bits per heavy atom. The van der Waals surface area contributed by atoms with E-state index in [4.69, 9.17) is 4.43 Å². The largest absolute Gasteiger partial charge is 0.405 e. The molecule has 0 aliphatic heterocycles. The van der Waals surface area contributed by atoms with Crippen LogP contribution in [0.3, 0.4) is 0 Å². The zero-order valence-electron chi connectivity index (χ0n) is 15.5. The van der Waals surface area contributed by atoms with Gasteiger partial charge in [0.25, 0.3) is 0 Å². The fraction of sp³-hybridized carbons (Fsp3) is 0.588. The number of hydrogen-bond donors (Lipinski definition) is 0. The van der Waals surface area contributed by atoms with Crippen molar-refractivity contribution in [3.05, 3.63) is 36.4 Å². The van der Waals surface area contributed by atoms with E-state index in [1.54, 1.807) is 23.2 Å². The molecule has 0 spiro atoms. The molecular formula is C17H28N4O2Si. The van der Waals surface area contributed by atoms with Crippen molar-refractivity contribution in [1.82, 2.24) is 19.1 Å². The van der Waals surface area contributed by atoms with E-state index >= 15 is 0 Å². The molecule has 132 valence electrons. The summed E-state index contributed by atoms with van der Waals surface area (Å²) in [7, 11) is 2.05. The maximum atomic E-state index is 12.3. The van der Waals surface area contributed by atoms with Gasteiger partial charge in [0, 0.05) is 45.3 Å². The van der Waals surface area contributed by atoms with E-state index in [9.17, 15) is 4.79 Å². The molecule has 2 heterocycles. The van der Waals surface area contributed by atoms with Crippen LogP contribution < -0.4 is 0 Å².